The number of carbonyl (C=O) groups is 2. The minimum atomic E-state index is -0.972. The molecule has 1 aliphatic rings. The molecular formula is C35H35F2N3O3S. The molecule has 6 nitrogen and oxygen atoms in total. The Hall–Kier alpha value is -4.11. The predicted octanol–water partition coefficient (Wildman–Crippen LogP) is 8.87. The van der Waals surface area contributed by atoms with Gasteiger partial charge in [0.05, 0.1) is 32.7 Å². The quantitative estimate of drug-likeness (QED) is 0.180. The second-order valence-corrected chi connectivity index (χ2v) is 12.5. The maximum Gasteiger partial charge on any atom is 0.345 e. The molecule has 0 atom stereocenters. The van der Waals surface area contributed by atoms with Crippen molar-refractivity contribution in [3.63, 3.8) is 0 Å². The SMILES string of the molecule is CCCN(CC)C(=O)Cn1c(-c2ccc3nc(-c4c(F)cccc4F)ccc3c2)c(C2CCCCC2)c2sc(C(=O)O)cc21. The molecule has 3 heterocycles. The zero-order valence-electron chi connectivity index (χ0n) is 24.9. The lowest BCUT2D eigenvalue weighted by atomic mass is 9.83. The van der Waals surface area contributed by atoms with Gasteiger partial charge in [0, 0.05) is 18.5 Å². The molecule has 1 amide bonds. The van der Waals surface area contributed by atoms with Crippen LogP contribution < -0.4 is 0 Å². The van der Waals surface area contributed by atoms with E-state index in [1.165, 1.54) is 36.0 Å². The number of carbonyl (C=O) groups excluding carboxylic acids is 1. The standard InChI is InChI=1S/C35H35F2N3O3S/c1-3-17-39(4-2)30(41)20-40-28-19-29(35(42)43)44-34(28)31(21-9-6-5-7-10-21)33(40)23-14-15-26-22(18-23)13-16-27(38-26)32-24(36)11-8-12-25(32)37/h8,11-16,18-19,21H,3-7,9-10,17,20H2,1-2H3,(H,42,43). The Morgan fingerprint density at radius 2 is 1.77 bits per heavy atom. The largest absolute Gasteiger partial charge is 0.477 e. The van der Waals surface area contributed by atoms with Gasteiger partial charge in [0.1, 0.15) is 23.1 Å². The van der Waals surface area contributed by atoms with Crippen LogP contribution in [0, 0.1) is 11.6 Å². The average molecular weight is 616 g/mol. The molecule has 1 saturated carbocycles. The van der Waals surface area contributed by atoms with E-state index in [1.807, 2.05) is 47.6 Å². The zero-order valence-corrected chi connectivity index (χ0v) is 25.7. The zero-order chi connectivity index (χ0) is 31.0. The molecule has 0 bridgehead atoms. The van der Waals surface area contributed by atoms with Gasteiger partial charge in [-0.25, -0.2) is 18.6 Å². The summed E-state index contributed by atoms with van der Waals surface area (Å²) >= 11 is 1.28. The van der Waals surface area contributed by atoms with Crippen LogP contribution >= 0.6 is 11.3 Å². The molecule has 1 aliphatic carbocycles. The Balaban J connectivity index is 1.54. The van der Waals surface area contributed by atoms with Gasteiger partial charge < -0.3 is 14.6 Å². The summed E-state index contributed by atoms with van der Waals surface area (Å²) in [6.07, 6.45) is 6.23. The van der Waals surface area contributed by atoms with E-state index in [1.54, 1.807) is 12.1 Å². The number of halogens is 2. The Kier molecular flexibility index (Phi) is 8.49. The monoisotopic (exact) mass is 615 g/mol. The van der Waals surface area contributed by atoms with E-state index in [0.29, 0.717) is 18.6 Å². The van der Waals surface area contributed by atoms with E-state index < -0.39 is 17.6 Å². The number of fused-ring (bicyclic) bond motifs is 2. The van der Waals surface area contributed by atoms with Gasteiger partial charge in [-0.2, -0.15) is 0 Å². The second kappa shape index (κ2) is 12.5. The van der Waals surface area contributed by atoms with Crippen LogP contribution in [-0.4, -0.2) is 44.5 Å². The summed E-state index contributed by atoms with van der Waals surface area (Å²) < 4.78 is 32.0. The molecule has 44 heavy (non-hydrogen) atoms. The summed E-state index contributed by atoms with van der Waals surface area (Å²) in [6.45, 7) is 5.37. The summed E-state index contributed by atoms with van der Waals surface area (Å²) in [6, 6.07) is 14.7. The van der Waals surface area contributed by atoms with E-state index in [2.05, 4.69) is 4.98 Å². The van der Waals surface area contributed by atoms with Crippen molar-refractivity contribution in [2.24, 2.45) is 0 Å². The number of thiophene rings is 1. The smallest absolute Gasteiger partial charge is 0.345 e. The van der Waals surface area contributed by atoms with E-state index in [9.17, 15) is 23.5 Å². The highest BCUT2D eigenvalue weighted by molar-refractivity contribution is 7.21. The molecule has 3 aromatic heterocycles. The summed E-state index contributed by atoms with van der Waals surface area (Å²) in [7, 11) is 0. The van der Waals surface area contributed by atoms with Crippen LogP contribution in [0.2, 0.25) is 0 Å². The van der Waals surface area contributed by atoms with Crippen molar-refractivity contribution in [1.82, 2.24) is 14.5 Å². The Labute approximate surface area is 258 Å². The second-order valence-electron chi connectivity index (χ2n) is 11.5. The first-order chi connectivity index (χ1) is 21.3. The summed E-state index contributed by atoms with van der Waals surface area (Å²) in [5.41, 5.74) is 4.37. The molecule has 1 N–H and O–H groups in total. The van der Waals surface area contributed by atoms with Crippen LogP contribution in [0.3, 0.4) is 0 Å². The van der Waals surface area contributed by atoms with Crippen molar-refractivity contribution in [2.75, 3.05) is 13.1 Å². The lowest BCUT2D eigenvalue weighted by Crippen LogP contribution is -2.34. The van der Waals surface area contributed by atoms with Crippen molar-refractivity contribution < 1.29 is 23.5 Å². The minimum absolute atomic E-state index is 0.00946. The van der Waals surface area contributed by atoms with E-state index in [-0.39, 0.29) is 34.5 Å². The molecule has 0 saturated heterocycles. The van der Waals surface area contributed by atoms with E-state index >= 15 is 0 Å². The molecule has 9 heteroatoms. The van der Waals surface area contributed by atoms with Crippen molar-refractivity contribution in [3.05, 3.63) is 76.7 Å². The van der Waals surface area contributed by atoms with Crippen LogP contribution in [0.15, 0.2) is 54.6 Å². The van der Waals surface area contributed by atoms with Gasteiger partial charge in [-0.3, -0.25) is 4.79 Å². The van der Waals surface area contributed by atoms with Gasteiger partial charge in [0.15, 0.2) is 0 Å². The third-order valence-electron chi connectivity index (χ3n) is 8.70. The number of hydrogen-bond acceptors (Lipinski definition) is 4. The van der Waals surface area contributed by atoms with Gasteiger partial charge >= 0.3 is 5.97 Å². The highest BCUT2D eigenvalue weighted by atomic mass is 32.1. The number of carboxylic acid groups (broad SMARTS) is 1. The third-order valence-corrected chi connectivity index (χ3v) is 9.85. The lowest BCUT2D eigenvalue weighted by Gasteiger charge is -2.25. The van der Waals surface area contributed by atoms with Crippen LogP contribution in [0.5, 0.6) is 0 Å². The highest BCUT2D eigenvalue weighted by Crippen LogP contribution is 2.47. The lowest BCUT2D eigenvalue weighted by molar-refractivity contribution is -0.131. The van der Waals surface area contributed by atoms with Gasteiger partial charge in [-0.05, 0) is 79.6 Å². The number of aromatic nitrogens is 2. The van der Waals surface area contributed by atoms with Crippen LogP contribution in [0.1, 0.15) is 73.5 Å². The van der Waals surface area contributed by atoms with Gasteiger partial charge in [-0.1, -0.05) is 44.4 Å². The Morgan fingerprint density at radius 3 is 2.45 bits per heavy atom. The molecule has 0 aliphatic heterocycles. The summed E-state index contributed by atoms with van der Waals surface area (Å²) in [5, 5.41) is 10.7. The Bertz CT molecular complexity index is 1850. The number of hydrogen-bond donors (Lipinski definition) is 1. The average Bonchev–Trinajstić information content (AvgIpc) is 3.58. The molecule has 2 aromatic carbocycles. The van der Waals surface area contributed by atoms with E-state index in [4.69, 9.17) is 0 Å². The van der Waals surface area contributed by atoms with Crippen LogP contribution in [0.4, 0.5) is 8.78 Å². The molecule has 0 spiro atoms. The number of amides is 1. The fourth-order valence-corrected chi connectivity index (χ4v) is 7.74. The van der Waals surface area contributed by atoms with Gasteiger partial charge in [0.2, 0.25) is 5.91 Å². The van der Waals surface area contributed by atoms with Crippen molar-refractivity contribution in [3.8, 4) is 22.5 Å². The summed E-state index contributed by atoms with van der Waals surface area (Å²) in [4.78, 5) is 32.4. The first-order valence-corrected chi connectivity index (χ1v) is 16.1. The predicted molar refractivity (Wildman–Crippen MR) is 171 cm³/mol. The van der Waals surface area contributed by atoms with Crippen LogP contribution in [0.25, 0.3) is 43.6 Å². The molecule has 0 unspecified atom stereocenters. The van der Waals surface area contributed by atoms with Crippen LogP contribution in [-0.2, 0) is 11.3 Å². The number of carboxylic acids is 1. The molecule has 0 radical (unpaired) electrons. The molecule has 6 rings (SSSR count). The Morgan fingerprint density at radius 1 is 1.02 bits per heavy atom. The number of benzene rings is 2. The number of likely N-dealkylation sites (N-methyl/N-ethyl adjacent to an activating group) is 1. The first kappa shape index (κ1) is 29.9. The maximum absolute atomic E-state index is 14.5. The molecule has 5 aromatic rings. The molecule has 1 fully saturated rings. The number of nitrogens with zero attached hydrogens (tertiary/aromatic N) is 3. The normalized spacial score (nSPS) is 14.0. The van der Waals surface area contributed by atoms with Crippen molar-refractivity contribution in [1.29, 1.82) is 0 Å². The van der Waals surface area contributed by atoms with E-state index in [0.717, 1.165) is 64.5 Å². The molecule has 228 valence electrons. The molecular weight excluding hydrogens is 580 g/mol. The first-order valence-electron chi connectivity index (χ1n) is 15.3. The highest BCUT2D eigenvalue weighted by Gasteiger charge is 2.30. The van der Waals surface area contributed by atoms with Gasteiger partial charge in [0.25, 0.3) is 0 Å². The summed E-state index contributed by atoms with van der Waals surface area (Å²) in [5.74, 6) is -2.07. The third kappa shape index (κ3) is 5.49. The minimum Gasteiger partial charge on any atom is -0.477 e. The van der Waals surface area contributed by atoms with Gasteiger partial charge in [-0.15, -0.1) is 11.3 Å². The number of aromatic carboxylic acids is 1. The fourth-order valence-electron chi connectivity index (χ4n) is 6.62. The van der Waals surface area contributed by atoms with Crippen molar-refractivity contribution in [2.45, 2.75) is 64.8 Å². The fraction of sp³-hybridized carbons (Fsp3) is 0.343. The maximum atomic E-state index is 14.5. The van der Waals surface area contributed by atoms with Crippen molar-refractivity contribution >= 4 is 44.3 Å². The topological polar surface area (TPSA) is 75.4 Å². The number of rotatable bonds is 9. The number of pyridine rings is 1.